The van der Waals surface area contributed by atoms with Gasteiger partial charge in [0, 0.05) is 28.1 Å². The minimum atomic E-state index is -0.929. The van der Waals surface area contributed by atoms with Crippen LogP contribution < -0.4 is 10.1 Å². The van der Waals surface area contributed by atoms with Crippen molar-refractivity contribution in [1.29, 1.82) is 0 Å². The molecule has 5 nitrogen and oxygen atoms in total. The Balaban J connectivity index is 1.14. The monoisotopic (exact) mass is 524 g/mol. The molecule has 0 spiro atoms. The number of carboxylic acid groups (broad SMARTS) is 1. The van der Waals surface area contributed by atoms with E-state index >= 15 is 0 Å². The molecule has 2 aromatic carbocycles. The van der Waals surface area contributed by atoms with E-state index in [1.54, 1.807) is 30.3 Å². The molecule has 2 aliphatic rings. The normalized spacial score (nSPS) is 22.1. The number of benzene rings is 2. The van der Waals surface area contributed by atoms with E-state index in [9.17, 15) is 9.18 Å². The van der Waals surface area contributed by atoms with Crippen molar-refractivity contribution in [3.8, 4) is 5.75 Å². The van der Waals surface area contributed by atoms with Gasteiger partial charge in [-0.05, 0) is 96.9 Å². The number of hydrogen-bond acceptors (Lipinski definition) is 4. The van der Waals surface area contributed by atoms with E-state index in [-0.39, 0.29) is 11.4 Å². The van der Waals surface area contributed by atoms with Crippen molar-refractivity contribution in [3.05, 3.63) is 63.0 Å². The zero-order chi connectivity index (χ0) is 21.1. The predicted molar refractivity (Wildman–Crippen MR) is 122 cm³/mol. The van der Waals surface area contributed by atoms with Crippen LogP contribution in [-0.4, -0.2) is 54.3 Å². The minimum absolute atomic E-state index is 0.118. The summed E-state index contributed by atoms with van der Waals surface area (Å²) >= 11 is 2.03. The number of piperidine rings is 1. The topological polar surface area (TPSA) is 61.8 Å². The van der Waals surface area contributed by atoms with Crippen molar-refractivity contribution in [3.63, 3.8) is 0 Å². The number of likely N-dealkylation sites (tertiary alicyclic amines) is 1. The number of halogens is 2. The average molecular weight is 524 g/mol. The summed E-state index contributed by atoms with van der Waals surface area (Å²) in [6, 6.07) is 13.1. The first kappa shape index (κ1) is 21.5. The fraction of sp³-hybridized carbons (Fsp3) is 0.435. The fourth-order valence-corrected chi connectivity index (χ4v) is 4.44. The third-order valence-corrected chi connectivity index (χ3v) is 6.85. The molecule has 7 heteroatoms. The van der Waals surface area contributed by atoms with Gasteiger partial charge in [0.1, 0.15) is 18.2 Å². The molecule has 0 aromatic heterocycles. The maximum Gasteiger partial charge on any atom is 0.335 e. The van der Waals surface area contributed by atoms with Gasteiger partial charge >= 0.3 is 5.97 Å². The van der Waals surface area contributed by atoms with Gasteiger partial charge in [0.05, 0.1) is 5.56 Å². The smallest absolute Gasteiger partial charge is 0.335 e. The molecule has 30 heavy (non-hydrogen) atoms. The van der Waals surface area contributed by atoms with E-state index in [0.717, 1.165) is 44.5 Å². The SMILES string of the molecule is O=C(O)c1ccc(OCCN2CCC(N[C@@H]3C[C@H]3c3ccc(I)c(F)c3)CC2)cc1. The number of nitrogens with one attached hydrogen (secondary N) is 1. The standard InChI is InChI=1S/C23H26FIN2O3/c24-20-13-16(3-6-21(20)25)19-14-22(19)26-17-7-9-27(10-8-17)11-12-30-18-4-1-15(2-5-18)23(28)29/h1-6,13,17,19,22,26H,7-12,14H2,(H,28,29)/t19-,22+/m0/s1. The number of ether oxygens (including phenoxy) is 1. The number of hydrogen-bond donors (Lipinski definition) is 2. The first-order chi connectivity index (χ1) is 14.5. The van der Waals surface area contributed by atoms with Crippen molar-refractivity contribution in [2.24, 2.45) is 0 Å². The maximum atomic E-state index is 13.8. The van der Waals surface area contributed by atoms with E-state index in [1.807, 2.05) is 28.7 Å². The summed E-state index contributed by atoms with van der Waals surface area (Å²) in [5, 5.41) is 12.7. The quantitative estimate of drug-likeness (QED) is 0.509. The Hall–Kier alpha value is -1.71. The minimum Gasteiger partial charge on any atom is -0.492 e. The molecule has 1 saturated heterocycles. The Morgan fingerprint density at radius 3 is 2.60 bits per heavy atom. The lowest BCUT2D eigenvalue weighted by Crippen LogP contribution is -2.44. The Bertz CT molecular complexity index is 885. The molecule has 2 atom stereocenters. The summed E-state index contributed by atoms with van der Waals surface area (Å²) in [5.41, 5.74) is 1.37. The van der Waals surface area contributed by atoms with Crippen molar-refractivity contribution in [2.75, 3.05) is 26.2 Å². The predicted octanol–water partition coefficient (Wildman–Crippen LogP) is 4.12. The van der Waals surface area contributed by atoms with E-state index in [1.165, 1.54) is 0 Å². The first-order valence-electron chi connectivity index (χ1n) is 10.4. The highest BCUT2D eigenvalue weighted by atomic mass is 127. The van der Waals surface area contributed by atoms with Crippen LogP contribution in [-0.2, 0) is 0 Å². The van der Waals surface area contributed by atoms with Gasteiger partial charge in [0.2, 0.25) is 0 Å². The van der Waals surface area contributed by atoms with Crippen LogP contribution in [0.1, 0.15) is 41.1 Å². The van der Waals surface area contributed by atoms with E-state index in [2.05, 4.69) is 16.3 Å². The van der Waals surface area contributed by atoms with Crippen molar-refractivity contribution in [1.82, 2.24) is 10.2 Å². The summed E-state index contributed by atoms with van der Waals surface area (Å²) in [6.07, 6.45) is 3.31. The Kier molecular flexibility index (Phi) is 6.90. The van der Waals surface area contributed by atoms with E-state index in [0.29, 0.717) is 33.9 Å². The van der Waals surface area contributed by atoms with Gasteiger partial charge in [-0.25, -0.2) is 9.18 Å². The molecule has 4 rings (SSSR count). The van der Waals surface area contributed by atoms with Crippen LogP contribution in [0, 0.1) is 9.39 Å². The molecule has 1 saturated carbocycles. The fourth-order valence-electron chi connectivity index (χ4n) is 4.10. The molecular weight excluding hydrogens is 498 g/mol. The molecule has 2 fully saturated rings. The van der Waals surface area contributed by atoms with Gasteiger partial charge < -0.3 is 15.2 Å². The van der Waals surface area contributed by atoms with Gasteiger partial charge in [-0.3, -0.25) is 4.90 Å². The third kappa shape index (κ3) is 5.50. The molecule has 0 unspecified atom stereocenters. The molecule has 2 aromatic rings. The first-order valence-corrected chi connectivity index (χ1v) is 11.5. The van der Waals surface area contributed by atoms with Gasteiger partial charge in [-0.15, -0.1) is 0 Å². The number of carbonyl (C=O) groups is 1. The van der Waals surface area contributed by atoms with Crippen LogP contribution >= 0.6 is 22.6 Å². The summed E-state index contributed by atoms with van der Waals surface area (Å²) in [5.74, 6) is 0.0900. The third-order valence-electron chi connectivity index (χ3n) is 5.98. The second-order valence-corrected chi connectivity index (χ2v) is 9.24. The maximum absolute atomic E-state index is 13.8. The van der Waals surface area contributed by atoms with Crippen molar-refractivity contribution >= 4 is 28.6 Å². The van der Waals surface area contributed by atoms with Gasteiger partial charge in [-0.2, -0.15) is 0 Å². The molecule has 160 valence electrons. The van der Waals surface area contributed by atoms with Crippen LogP contribution in [0.25, 0.3) is 0 Å². The summed E-state index contributed by atoms with van der Waals surface area (Å²) in [6.45, 7) is 3.53. The lowest BCUT2D eigenvalue weighted by Gasteiger charge is -2.32. The van der Waals surface area contributed by atoms with E-state index < -0.39 is 5.97 Å². The second-order valence-electron chi connectivity index (χ2n) is 8.08. The Labute approximate surface area is 189 Å². The number of nitrogens with zero attached hydrogens (tertiary/aromatic N) is 1. The lowest BCUT2D eigenvalue weighted by molar-refractivity contribution is 0.0697. The largest absolute Gasteiger partial charge is 0.492 e. The summed E-state index contributed by atoms with van der Waals surface area (Å²) < 4.78 is 20.2. The van der Waals surface area contributed by atoms with Crippen molar-refractivity contribution < 1.29 is 19.0 Å². The highest BCUT2D eigenvalue weighted by molar-refractivity contribution is 14.1. The number of rotatable bonds is 8. The zero-order valence-electron chi connectivity index (χ0n) is 16.7. The van der Waals surface area contributed by atoms with Crippen LogP contribution in [0.15, 0.2) is 42.5 Å². The molecule has 0 radical (unpaired) electrons. The Morgan fingerprint density at radius 1 is 1.20 bits per heavy atom. The van der Waals surface area contributed by atoms with Crippen LogP contribution in [0.3, 0.4) is 0 Å². The highest BCUT2D eigenvalue weighted by Crippen LogP contribution is 2.42. The van der Waals surface area contributed by atoms with E-state index in [4.69, 9.17) is 9.84 Å². The summed E-state index contributed by atoms with van der Waals surface area (Å²) in [7, 11) is 0. The van der Waals surface area contributed by atoms with Crippen LogP contribution in [0.2, 0.25) is 0 Å². The zero-order valence-corrected chi connectivity index (χ0v) is 18.8. The molecule has 1 aliphatic heterocycles. The molecule has 0 amide bonds. The summed E-state index contributed by atoms with van der Waals surface area (Å²) in [4.78, 5) is 13.3. The second kappa shape index (κ2) is 9.62. The Morgan fingerprint density at radius 2 is 1.93 bits per heavy atom. The lowest BCUT2D eigenvalue weighted by atomic mass is 10.0. The molecular formula is C23H26FIN2O3. The molecule has 1 aliphatic carbocycles. The molecule has 0 bridgehead atoms. The van der Waals surface area contributed by atoms with Gasteiger partial charge in [-0.1, -0.05) is 6.07 Å². The average Bonchev–Trinajstić information content (AvgIpc) is 3.51. The number of carboxylic acids is 1. The van der Waals surface area contributed by atoms with Crippen LogP contribution in [0.5, 0.6) is 5.75 Å². The van der Waals surface area contributed by atoms with Crippen LogP contribution in [0.4, 0.5) is 4.39 Å². The van der Waals surface area contributed by atoms with Gasteiger partial charge in [0.25, 0.3) is 0 Å². The number of aromatic carboxylic acids is 1. The van der Waals surface area contributed by atoms with Crippen molar-refractivity contribution in [2.45, 2.75) is 37.3 Å². The molecule has 1 heterocycles. The molecule has 2 N–H and O–H groups in total. The van der Waals surface area contributed by atoms with Gasteiger partial charge in [0.15, 0.2) is 0 Å². The highest BCUT2D eigenvalue weighted by Gasteiger charge is 2.40.